The molecule has 230 valence electrons. The predicted molar refractivity (Wildman–Crippen MR) is 153 cm³/mol. The maximum atomic E-state index is 13.6. The Kier molecular flexibility index (Phi) is 8.28. The highest BCUT2D eigenvalue weighted by molar-refractivity contribution is 7.00. The number of carbonyl (C=O) groups is 2. The van der Waals surface area contributed by atoms with Gasteiger partial charge in [0, 0.05) is 0 Å². The molecular weight excluding hydrogens is 597 g/mol. The lowest BCUT2D eigenvalue weighted by atomic mass is 9.78. The summed E-state index contributed by atoms with van der Waals surface area (Å²) in [6.45, 7) is 0. The van der Waals surface area contributed by atoms with Gasteiger partial charge < -0.3 is 39.9 Å². The Morgan fingerprint density at radius 3 is 2.43 bits per heavy atom. The summed E-state index contributed by atoms with van der Waals surface area (Å²) in [6.07, 6.45) is -9.05. The Morgan fingerprint density at radius 1 is 1.00 bits per heavy atom. The van der Waals surface area contributed by atoms with Crippen molar-refractivity contribution in [2.24, 2.45) is 5.92 Å². The van der Waals surface area contributed by atoms with Crippen LogP contribution < -0.4 is 9.64 Å². The van der Waals surface area contributed by atoms with E-state index in [0.29, 0.717) is 28.7 Å². The molecule has 3 aromatic carbocycles. The highest BCUT2D eigenvalue weighted by Gasteiger charge is 2.50. The fraction of sp³-hybridized carbons (Fsp3) is 0.333. The second-order valence-corrected chi connectivity index (χ2v) is 11.3. The molecule has 8 atom stereocenters. The molecule has 2 aliphatic heterocycles. The fourth-order valence-corrected chi connectivity index (χ4v) is 6.23. The van der Waals surface area contributed by atoms with E-state index in [-0.39, 0.29) is 18.1 Å². The number of rotatable bonds is 9. The highest BCUT2D eigenvalue weighted by Crippen LogP contribution is 2.48. The van der Waals surface area contributed by atoms with Crippen LogP contribution in [0.1, 0.15) is 36.1 Å². The monoisotopic (exact) mass is 625 g/mol. The number of aromatic nitrogens is 2. The number of aliphatic carboxylic acids is 1. The molecule has 44 heavy (non-hydrogen) atoms. The van der Waals surface area contributed by atoms with Crippen LogP contribution in [-0.4, -0.2) is 76.9 Å². The topological polar surface area (TPSA) is 183 Å². The third kappa shape index (κ3) is 5.51. The minimum Gasteiger partial charge on any atom is -0.479 e. The maximum absolute atomic E-state index is 13.6. The molecule has 4 aromatic rings. The van der Waals surface area contributed by atoms with Crippen LogP contribution in [0.15, 0.2) is 66.7 Å². The van der Waals surface area contributed by atoms with Gasteiger partial charge in [-0.3, -0.25) is 4.79 Å². The number of β-lactam (4-membered cyclic amide) rings is 1. The minimum atomic E-state index is -1.84. The van der Waals surface area contributed by atoms with Gasteiger partial charge in [-0.15, -0.1) is 0 Å². The molecule has 1 amide bonds. The number of hydrogen-bond acceptors (Lipinski definition) is 11. The van der Waals surface area contributed by atoms with Gasteiger partial charge in [-0.05, 0) is 60.4 Å². The van der Waals surface area contributed by atoms with Crippen molar-refractivity contribution in [2.75, 3.05) is 4.90 Å². The third-order valence-corrected chi connectivity index (χ3v) is 8.57. The van der Waals surface area contributed by atoms with Crippen LogP contribution >= 0.6 is 11.7 Å². The standard InChI is InChI=1S/C30H28FN3O9S/c31-16-8-4-14(5-9-16)21(35)13-12-18-23(34(28(18)39)20-3-1-2-19-22(20)33-44-32-19)15-6-10-17(11-7-15)42-30-26(38)24(36)25(37)27(43-30)29(40)41/h1-11,18,21,23-27,30,35-38H,12-13H2,(H,40,41)/t18-,21+,23-,24+,25+,26-,27+,30-/m1/s1. The van der Waals surface area contributed by atoms with E-state index in [1.54, 1.807) is 47.4 Å². The van der Waals surface area contributed by atoms with Gasteiger partial charge in [0.1, 0.15) is 40.9 Å². The second kappa shape index (κ2) is 12.1. The molecular formula is C30H28FN3O9S. The number of carboxylic acids is 1. The summed E-state index contributed by atoms with van der Waals surface area (Å²) in [5, 5.41) is 50.4. The summed E-state index contributed by atoms with van der Waals surface area (Å²) < 4.78 is 32.8. The number of aliphatic hydroxyl groups is 4. The first-order valence-electron chi connectivity index (χ1n) is 13.8. The van der Waals surface area contributed by atoms with E-state index in [4.69, 9.17) is 9.47 Å². The van der Waals surface area contributed by atoms with Crippen molar-refractivity contribution in [3.05, 3.63) is 83.7 Å². The van der Waals surface area contributed by atoms with Crippen LogP contribution in [0.2, 0.25) is 0 Å². The number of nitrogens with zero attached hydrogens (tertiary/aromatic N) is 3. The lowest BCUT2D eigenvalue weighted by Crippen LogP contribution is -2.61. The third-order valence-electron chi connectivity index (χ3n) is 8.03. The van der Waals surface area contributed by atoms with Gasteiger partial charge in [-0.25, -0.2) is 9.18 Å². The van der Waals surface area contributed by atoms with E-state index in [9.17, 15) is 39.5 Å². The van der Waals surface area contributed by atoms with Gasteiger partial charge in [0.15, 0.2) is 6.10 Å². The summed E-state index contributed by atoms with van der Waals surface area (Å²) in [7, 11) is 0. The summed E-state index contributed by atoms with van der Waals surface area (Å²) in [4.78, 5) is 26.7. The number of fused-ring (bicyclic) bond motifs is 1. The van der Waals surface area contributed by atoms with E-state index < -0.39 is 60.6 Å². The molecule has 2 aliphatic rings. The minimum absolute atomic E-state index is 0.159. The van der Waals surface area contributed by atoms with E-state index in [2.05, 4.69) is 8.75 Å². The van der Waals surface area contributed by atoms with Crippen molar-refractivity contribution in [3.8, 4) is 5.75 Å². The molecule has 0 radical (unpaired) electrons. The molecule has 1 aromatic heterocycles. The number of hydrogen-bond donors (Lipinski definition) is 5. The van der Waals surface area contributed by atoms with E-state index in [0.717, 1.165) is 17.3 Å². The van der Waals surface area contributed by atoms with E-state index >= 15 is 0 Å². The number of carboxylic acid groups (broad SMARTS) is 1. The number of amides is 1. The second-order valence-electron chi connectivity index (χ2n) is 10.7. The van der Waals surface area contributed by atoms with Crippen LogP contribution in [0.3, 0.4) is 0 Å². The molecule has 2 saturated heterocycles. The summed E-state index contributed by atoms with van der Waals surface area (Å²) in [5.74, 6) is -2.42. The SMILES string of the molecule is O=C(O)[C@H]1O[C@@H](Oc2ccc([C@@H]3[C@@H](CC[C@H](O)c4ccc(F)cc4)C(=O)N3c3cccc4nsnc34)cc2)[C@H](O)[C@@H](O)[C@@H]1O. The van der Waals surface area contributed by atoms with Gasteiger partial charge in [0.25, 0.3) is 0 Å². The normalized spacial score (nSPS) is 27.6. The van der Waals surface area contributed by atoms with Crippen molar-refractivity contribution < 1.29 is 49.0 Å². The molecule has 0 saturated carbocycles. The zero-order chi connectivity index (χ0) is 31.1. The van der Waals surface area contributed by atoms with Crippen molar-refractivity contribution in [1.82, 2.24) is 8.75 Å². The van der Waals surface area contributed by atoms with Crippen molar-refractivity contribution in [3.63, 3.8) is 0 Å². The van der Waals surface area contributed by atoms with Gasteiger partial charge >= 0.3 is 5.97 Å². The van der Waals surface area contributed by atoms with Crippen molar-refractivity contribution in [1.29, 1.82) is 0 Å². The fourth-order valence-electron chi connectivity index (χ4n) is 5.68. The molecule has 5 N–H and O–H groups in total. The van der Waals surface area contributed by atoms with Crippen LogP contribution in [0.5, 0.6) is 5.75 Å². The largest absolute Gasteiger partial charge is 0.479 e. The summed E-state index contributed by atoms with van der Waals surface area (Å²) in [6, 6.07) is 17.0. The van der Waals surface area contributed by atoms with Gasteiger partial charge in [-0.2, -0.15) is 8.75 Å². The Morgan fingerprint density at radius 2 is 1.73 bits per heavy atom. The zero-order valence-electron chi connectivity index (χ0n) is 22.9. The number of anilines is 1. The summed E-state index contributed by atoms with van der Waals surface area (Å²) in [5.41, 5.74) is 3.09. The molecule has 0 aliphatic carbocycles. The van der Waals surface area contributed by atoms with Crippen LogP contribution in [0, 0.1) is 11.7 Å². The van der Waals surface area contributed by atoms with Gasteiger partial charge in [-0.1, -0.05) is 30.3 Å². The van der Waals surface area contributed by atoms with Crippen LogP contribution in [0.4, 0.5) is 10.1 Å². The average molecular weight is 626 g/mol. The Hall–Kier alpha value is -4.05. The molecule has 3 heterocycles. The van der Waals surface area contributed by atoms with Gasteiger partial charge in [0.2, 0.25) is 12.2 Å². The Labute approximate surface area is 253 Å². The van der Waals surface area contributed by atoms with Crippen molar-refractivity contribution in [2.45, 2.75) is 55.7 Å². The molecule has 0 unspecified atom stereocenters. The summed E-state index contributed by atoms with van der Waals surface area (Å²) >= 11 is 1.03. The molecule has 12 nitrogen and oxygen atoms in total. The van der Waals surface area contributed by atoms with Crippen LogP contribution in [0.25, 0.3) is 11.0 Å². The first-order chi connectivity index (χ1) is 21.1. The molecule has 6 rings (SSSR count). The molecule has 0 bridgehead atoms. The number of halogens is 1. The Balaban J connectivity index is 1.24. The predicted octanol–water partition coefficient (Wildman–Crippen LogP) is 2.32. The first-order valence-corrected chi connectivity index (χ1v) is 14.5. The smallest absolute Gasteiger partial charge is 0.335 e. The van der Waals surface area contributed by atoms with Gasteiger partial charge in [0.05, 0.1) is 35.5 Å². The highest BCUT2D eigenvalue weighted by atomic mass is 32.1. The lowest BCUT2D eigenvalue weighted by Gasteiger charge is -2.48. The zero-order valence-corrected chi connectivity index (χ0v) is 23.7. The van der Waals surface area contributed by atoms with Crippen LogP contribution in [-0.2, 0) is 14.3 Å². The number of aliphatic hydroxyl groups excluding tert-OH is 4. The quantitative estimate of drug-likeness (QED) is 0.172. The maximum Gasteiger partial charge on any atom is 0.335 e. The number of ether oxygens (including phenoxy) is 2. The first kappa shape index (κ1) is 30.0. The van der Waals surface area contributed by atoms with E-state index in [1.165, 1.54) is 24.3 Å². The number of benzene rings is 3. The molecule has 2 fully saturated rings. The molecule has 0 spiro atoms. The van der Waals surface area contributed by atoms with E-state index in [1.807, 2.05) is 0 Å². The molecule has 14 heteroatoms. The van der Waals surface area contributed by atoms with Crippen molar-refractivity contribution >= 4 is 40.3 Å². The average Bonchev–Trinajstić information content (AvgIpc) is 3.50. The Bertz CT molecular complexity index is 1650. The lowest BCUT2D eigenvalue weighted by molar-refractivity contribution is -0.271. The number of carbonyl (C=O) groups excluding carboxylic acids is 1.